The van der Waals surface area contributed by atoms with Crippen molar-refractivity contribution in [2.45, 2.75) is 70.8 Å². The second kappa shape index (κ2) is 13.2. The molecule has 0 amide bonds. The molecule has 3 aromatic rings. The van der Waals surface area contributed by atoms with Crippen LogP contribution in [0, 0.1) is 29.1 Å². The van der Waals surface area contributed by atoms with Gasteiger partial charge in [0.25, 0.3) is 0 Å². The van der Waals surface area contributed by atoms with E-state index in [4.69, 9.17) is 14.2 Å². The Morgan fingerprint density at radius 1 is 0.667 bits per heavy atom. The van der Waals surface area contributed by atoms with Crippen LogP contribution in [0.5, 0.6) is 17.2 Å². The van der Waals surface area contributed by atoms with Crippen LogP contribution in [-0.2, 0) is 6.61 Å². The van der Waals surface area contributed by atoms with Gasteiger partial charge in [-0.3, -0.25) is 0 Å². The molecule has 0 aromatic heterocycles. The second-order valence-electron chi connectivity index (χ2n) is 9.79. The van der Waals surface area contributed by atoms with E-state index in [-0.39, 0.29) is 54.5 Å². The van der Waals surface area contributed by atoms with Crippen molar-refractivity contribution in [3.63, 3.8) is 0 Å². The highest BCUT2D eigenvalue weighted by atomic mass is 19.2. The fraction of sp³-hybridized carbons (Fsp3) is 0.419. The fourth-order valence-corrected chi connectivity index (χ4v) is 5.02. The van der Waals surface area contributed by atoms with Crippen molar-refractivity contribution in [2.75, 3.05) is 13.2 Å². The van der Waals surface area contributed by atoms with E-state index in [0.29, 0.717) is 31.2 Å². The van der Waals surface area contributed by atoms with Crippen LogP contribution in [0.3, 0.4) is 0 Å². The van der Waals surface area contributed by atoms with E-state index >= 15 is 0 Å². The maximum atomic E-state index is 14.9. The molecular weight excluding hydrogens is 515 g/mol. The van der Waals surface area contributed by atoms with Gasteiger partial charge in [0.05, 0.1) is 13.2 Å². The van der Waals surface area contributed by atoms with Gasteiger partial charge < -0.3 is 14.2 Å². The van der Waals surface area contributed by atoms with Gasteiger partial charge in [-0.15, -0.1) is 0 Å². The summed E-state index contributed by atoms with van der Waals surface area (Å²) in [7, 11) is 0. The quantitative estimate of drug-likeness (QED) is 0.177. The van der Waals surface area contributed by atoms with Gasteiger partial charge in [0, 0.05) is 5.56 Å². The first-order chi connectivity index (χ1) is 18.8. The average Bonchev–Trinajstić information content (AvgIpc) is 2.94. The molecule has 3 nitrogen and oxygen atoms in total. The number of hydrogen-bond acceptors (Lipinski definition) is 3. The molecule has 0 atom stereocenters. The van der Waals surface area contributed by atoms with Crippen LogP contribution in [-0.4, -0.2) is 13.2 Å². The monoisotopic (exact) mass is 548 g/mol. The van der Waals surface area contributed by atoms with Gasteiger partial charge in [-0.2, -0.15) is 13.2 Å². The summed E-state index contributed by atoms with van der Waals surface area (Å²) < 4.78 is 88.3. The van der Waals surface area contributed by atoms with Crippen molar-refractivity contribution < 1.29 is 36.2 Å². The Morgan fingerprint density at radius 3 is 1.90 bits per heavy atom. The highest BCUT2D eigenvalue weighted by molar-refractivity contribution is 5.36. The first kappa shape index (κ1) is 28.7. The molecule has 0 heterocycles. The molecule has 1 aliphatic rings. The summed E-state index contributed by atoms with van der Waals surface area (Å²) in [6.07, 6.45) is 4.27. The average molecular weight is 549 g/mol. The molecule has 0 unspecified atom stereocenters. The lowest BCUT2D eigenvalue weighted by Crippen LogP contribution is -2.14. The van der Waals surface area contributed by atoms with Crippen molar-refractivity contribution in [1.82, 2.24) is 0 Å². The molecule has 0 aliphatic heterocycles. The number of benzene rings is 3. The number of ether oxygens (including phenoxy) is 3. The Bertz CT molecular complexity index is 1270. The van der Waals surface area contributed by atoms with E-state index < -0.39 is 29.1 Å². The molecule has 210 valence electrons. The molecule has 0 spiro atoms. The van der Waals surface area contributed by atoms with Gasteiger partial charge in [0.2, 0.25) is 17.5 Å². The first-order valence-electron chi connectivity index (χ1n) is 13.5. The third-order valence-electron chi connectivity index (χ3n) is 7.24. The third kappa shape index (κ3) is 6.65. The van der Waals surface area contributed by atoms with Crippen LogP contribution in [0.4, 0.5) is 22.0 Å². The number of hydrogen-bond donors (Lipinski definition) is 0. The minimum Gasteiger partial charge on any atom is -0.491 e. The van der Waals surface area contributed by atoms with E-state index in [2.05, 4.69) is 0 Å². The van der Waals surface area contributed by atoms with Gasteiger partial charge in [0.1, 0.15) is 12.4 Å². The summed E-state index contributed by atoms with van der Waals surface area (Å²) in [5.41, 5.74) is 1.36. The molecule has 39 heavy (non-hydrogen) atoms. The Balaban J connectivity index is 1.35. The molecule has 0 N–H and O–H groups in total. The SMILES string of the molecule is CCCCOc1ccc(OCc2ccc(C3CCC(c4ccc(OCC)c(F)c4F)CC3)cc2F)c(F)c1F. The van der Waals surface area contributed by atoms with Crippen LogP contribution in [0.2, 0.25) is 0 Å². The predicted molar refractivity (Wildman–Crippen MR) is 139 cm³/mol. The van der Waals surface area contributed by atoms with Crippen LogP contribution >= 0.6 is 0 Å². The minimum atomic E-state index is -1.18. The maximum absolute atomic E-state index is 14.9. The molecule has 8 heteroatoms. The fourth-order valence-electron chi connectivity index (χ4n) is 5.02. The van der Waals surface area contributed by atoms with Crippen LogP contribution in [0.15, 0.2) is 42.5 Å². The van der Waals surface area contributed by atoms with Gasteiger partial charge >= 0.3 is 0 Å². The number of rotatable bonds is 11. The van der Waals surface area contributed by atoms with Crippen molar-refractivity contribution in [3.8, 4) is 17.2 Å². The van der Waals surface area contributed by atoms with Gasteiger partial charge in [-0.1, -0.05) is 31.5 Å². The Morgan fingerprint density at radius 2 is 1.26 bits per heavy atom. The third-order valence-corrected chi connectivity index (χ3v) is 7.24. The highest BCUT2D eigenvalue weighted by Crippen LogP contribution is 2.42. The Hall–Kier alpha value is -3.29. The van der Waals surface area contributed by atoms with E-state index in [0.717, 1.165) is 18.4 Å². The normalized spacial score (nSPS) is 17.2. The minimum absolute atomic E-state index is 0.0770. The summed E-state index contributed by atoms with van der Waals surface area (Å²) in [4.78, 5) is 0. The number of halogens is 5. The summed E-state index contributed by atoms with van der Waals surface area (Å²) in [6, 6.07) is 10.4. The summed E-state index contributed by atoms with van der Waals surface area (Å²) in [5, 5.41) is 0. The molecule has 3 aromatic carbocycles. The largest absolute Gasteiger partial charge is 0.491 e. The lowest BCUT2D eigenvalue weighted by atomic mass is 9.76. The Kier molecular flexibility index (Phi) is 9.70. The van der Waals surface area contributed by atoms with E-state index in [1.165, 1.54) is 24.3 Å². The van der Waals surface area contributed by atoms with Crippen LogP contribution in [0.1, 0.15) is 80.9 Å². The van der Waals surface area contributed by atoms with Crippen LogP contribution in [0.25, 0.3) is 0 Å². The molecule has 0 radical (unpaired) electrons. The smallest absolute Gasteiger partial charge is 0.204 e. The van der Waals surface area contributed by atoms with E-state index in [9.17, 15) is 22.0 Å². The standard InChI is InChI=1S/C31H33F5O3/c1-3-5-16-38-26-14-15-27(31(36)30(26)35)39-18-22-11-10-21(17-24(22)32)19-6-8-20(9-7-19)23-12-13-25(37-4-2)29(34)28(23)33/h10-15,17,19-20H,3-9,16,18H2,1-2H3. The van der Waals surface area contributed by atoms with E-state index in [1.54, 1.807) is 25.1 Å². The first-order valence-corrected chi connectivity index (χ1v) is 13.5. The van der Waals surface area contributed by atoms with Gasteiger partial charge in [-0.05, 0) is 86.3 Å². The van der Waals surface area contributed by atoms with Gasteiger partial charge in [0.15, 0.2) is 23.1 Å². The zero-order chi connectivity index (χ0) is 27.9. The Labute approximate surface area is 225 Å². The van der Waals surface area contributed by atoms with Crippen LogP contribution < -0.4 is 14.2 Å². The lowest BCUT2D eigenvalue weighted by molar-refractivity contribution is 0.264. The molecule has 1 aliphatic carbocycles. The van der Waals surface area contributed by atoms with E-state index in [1.807, 2.05) is 6.92 Å². The second-order valence-corrected chi connectivity index (χ2v) is 9.79. The maximum Gasteiger partial charge on any atom is 0.204 e. The van der Waals surface area contributed by atoms with Gasteiger partial charge in [-0.25, -0.2) is 8.78 Å². The predicted octanol–water partition coefficient (Wildman–Crippen LogP) is 8.98. The molecule has 1 fully saturated rings. The highest BCUT2D eigenvalue weighted by Gasteiger charge is 2.28. The molecule has 1 saturated carbocycles. The molecule has 0 saturated heterocycles. The zero-order valence-corrected chi connectivity index (χ0v) is 22.2. The lowest BCUT2D eigenvalue weighted by Gasteiger charge is -2.29. The summed E-state index contributed by atoms with van der Waals surface area (Å²) >= 11 is 0. The summed E-state index contributed by atoms with van der Waals surface area (Å²) in [6.45, 7) is 3.93. The molecular formula is C31H33F5O3. The number of unbranched alkanes of at least 4 members (excludes halogenated alkanes) is 1. The van der Waals surface area contributed by atoms with Crippen molar-refractivity contribution in [2.24, 2.45) is 0 Å². The van der Waals surface area contributed by atoms with Crippen molar-refractivity contribution in [3.05, 3.63) is 88.2 Å². The molecule has 0 bridgehead atoms. The zero-order valence-electron chi connectivity index (χ0n) is 22.2. The van der Waals surface area contributed by atoms with Crippen molar-refractivity contribution >= 4 is 0 Å². The summed E-state index contributed by atoms with van der Waals surface area (Å²) in [5.74, 6) is -5.29. The topological polar surface area (TPSA) is 27.7 Å². The molecule has 4 rings (SSSR count). The van der Waals surface area contributed by atoms with Crippen molar-refractivity contribution in [1.29, 1.82) is 0 Å².